The van der Waals surface area contributed by atoms with Crippen LogP contribution in [0.2, 0.25) is 0 Å². The van der Waals surface area contributed by atoms with Crippen molar-refractivity contribution < 1.29 is 32.3 Å². The molecule has 2 aromatic carbocycles. The fourth-order valence-electron chi connectivity index (χ4n) is 7.41. The fraction of sp³-hybridized carbons (Fsp3) is 0.211. The van der Waals surface area contributed by atoms with Crippen molar-refractivity contribution in [2.24, 2.45) is 0 Å². The zero-order valence-corrected chi connectivity index (χ0v) is 27.5. The summed E-state index contributed by atoms with van der Waals surface area (Å²) in [4.78, 5) is 55.6. The number of allylic oxidation sites excluding steroid dienone is 4. The molecule has 4 aromatic rings. The first kappa shape index (κ1) is 29.9. The molecule has 0 aliphatic heterocycles. The Morgan fingerprint density at radius 1 is 0.660 bits per heavy atom. The van der Waals surface area contributed by atoms with Gasteiger partial charge in [-0.15, -0.1) is 22.7 Å². The van der Waals surface area contributed by atoms with Crippen LogP contribution in [-0.4, -0.2) is 23.1 Å². The quantitative estimate of drug-likeness (QED) is 0.158. The number of thiophene rings is 2. The number of ketones is 4. The van der Waals surface area contributed by atoms with Gasteiger partial charge in [-0.2, -0.15) is 13.2 Å². The van der Waals surface area contributed by atoms with E-state index >= 15 is 0 Å². The lowest BCUT2D eigenvalue weighted by Crippen LogP contribution is -2.24. The van der Waals surface area contributed by atoms with Gasteiger partial charge in [0, 0.05) is 52.6 Å². The minimum Gasteiger partial charge on any atom is -0.285 e. The topological polar surface area (TPSA) is 68.3 Å². The van der Waals surface area contributed by atoms with E-state index < -0.39 is 40.3 Å². The van der Waals surface area contributed by atoms with E-state index in [1.807, 2.05) is 31.2 Å². The Morgan fingerprint density at radius 3 is 1.94 bits per heavy atom. The van der Waals surface area contributed by atoms with Gasteiger partial charge in [0.2, 0.25) is 23.1 Å². The number of hydrogen-bond acceptors (Lipinski definition) is 6. The molecule has 0 radical (unpaired) electrons. The highest BCUT2D eigenvalue weighted by molar-refractivity contribution is 7.23. The van der Waals surface area contributed by atoms with Gasteiger partial charge in [0.1, 0.15) is 0 Å². The average molecular weight is 667 g/mol. The lowest BCUT2D eigenvalue weighted by molar-refractivity contribution is -0.137. The third kappa shape index (κ3) is 3.99. The molecule has 4 nitrogen and oxygen atoms in total. The average Bonchev–Trinajstić information content (AvgIpc) is 3.79. The Labute approximate surface area is 276 Å². The Kier molecular flexibility index (Phi) is 5.93. The molecule has 4 aliphatic carbocycles. The van der Waals surface area contributed by atoms with E-state index in [0.29, 0.717) is 16.7 Å². The SMILES string of the molecule is Cc1ccc2c(c1)C(=O)C(=O)/C2=C\c1cc2c(s1)-c1sc3c(c1C2(C)C)C(C)(C)C(/C=C1\C(=O)C(=O)c2cc(C(F)(F)F)ccc21)=C3. The summed E-state index contributed by atoms with van der Waals surface area (Å²) in [6.45, 7) is 10.3. The molecule has 2 aromatic heterocycles. The third-order valence-electron chi connectivity index (χ3n) is 9.90. The molecular formula is C38H25F3O4S2. The van der Waals surface area contributed by atoms with Crippen LogP contribution in [0.3, 0.4) is 0 Å². The normalized spacial score (nSPS) is 20.2. The van der Waals surface area contributed by atoms with Crippen molar-refractivity contribution in [3.05, 3.63) is 114 Å². The number of alkyl halides is 3. The van der Waals surface area contributed by atoms with Crippen molar-refractivity contribution in [2.75, 3.05) is 0 Å². The maximum absolute atomic E-state index is 13.3. The van der Waals surface area contributed by atoms with Crippen molar-refractivity contribution in [1.29, 1.82) is 0 Å². The second-order valence-electron chi connectivity index (χ2n) is 13.5. The van der Waals surface area contributed by atoms with E-state index in [9.17, 15) is 32.3 Å². The first-order chi connectivity index (χ1) is 22.0. The summed E-state index contributed by atoms with van der Waals surface area (Å²) in [5, 5.41) is 0. The van der Waals surface area contributed by atoms with E-state index in [1.165, 1.54) is 11.6 Å². The summed E-state index contributed by atoms with van der Waals surface area (Å²) in [6.07, 6.45) is 0.878. The summed E-state index contributed by atoms with van der Waals surface area (Å²) in [5.41, 5.74) is 4.89. The molecule has 2 heterocycles. The molecular weight excluding hydrogens is 642 g/mol. The van der Waals surface area contributed by atoms with Gasteiger partial charge in [0.25, 0.3) is 0 Å². The molecule has 4 aliphatic rings. The molecule has 0 N–H and O–H groups in total. The Hall–Kier alpha value is -4.47. The Morgan fingerprint density at radius 2 is 1.28 bits per heavy atom. The first-order valence-corrected chi connectivity index (χ1v) is 16.6. The van der Waals surface area contributed by atoms with Gasteiger partial charge in [0.05, 0.1) is 5.56 Å². The van der Waals surface area contributed by atoms with Crippen molar-refractivity contribution >= 4 is 69.1 Å². The molecule has 47 heavy (non-hydrogen) atoms. The van der Waals surface area contributed by atoms with Gasteiger partial charge in [-0.3, -0.25) is 19.2 Å². The minimum atomic E-state index is -4.63. The summed E-state index contributed by atoms with van der Waals surface area (Å²) >= 11 is 3.23. The maximum Gasteiger partial charge on any atom is 0.416 e. The van der Waals surface area contributed by atoms with Crippen LogP contribution in [0.4, 0.5) is 13.2 Å². The molecule has 0 unspecified atom stereocenters. The lowest BCUT2D eigenvalue weighted by Gasteiger charge is -2.29. The molecule has 9 heteroatoms. The van der Waals surface area contributed by atoms with Crippen LogP contribution in [0, 0.1) is 6.92 Å². The predicted octanol–water partition coefficient (Wildman–Crippen LogP) is 9.27. The minimum absolute atomic E-state index is 0.109. The van der Waals surface area contributed by atoms with E-state index in [-0.39, 0.29) is 22.1 Å². The van der Waals surface area contributed by atoms with E-state index in [2.05, 4.69) is 33.8 Å². The molecule has 8 rings (SSSR count). The number of aryl methyl sites for hydroxylation is 1. The zero-order valence-electron chi connectivity index (χ0n) is 25.9. The van der Waals surface area contributed by atoms with Gasteiger partial charge in [-0.1, -0.05) is 51.5 Å². The number of benzene rings is 2. The van der Waals surface area contributed by atoms with Gasteiger partial charge in [-0.25, -0.2) is 0 Å². The molecule has 0 amide bonds. The van der Waals surface area contributed by atoms with Gasteiger partial charge in [-0.05, 0) is 82.8 Å². The number of Topliss-reactive ketones (excluding diaryl/α,β-unsaturated/α-hetero) is 4. The van der Waals surface area contributed by atoms with E-state index in [0.717, 1.165) is 53.9 Å². The van der Waals surface area contributed by atoms with Crippen LogP contribution in [0.15, 0.2) is 54.1 Å². The van der Waals surface area contributed by atoms with Crippen LogP contribution in [0.25, 0.3) is 33.1 Å². The highest BCUT2D eigenvalue weighted by Gasteiger charge is 2.48. The summed E-state index contributed by atoms with van der Waals surface area (Å²) in [7, 11) is 0. The van der Waals surface area contributed by atoms with Gasteiger partial charge < -0.3 is 0 Å². The highest BCUT2D eigenvalue weighted by atomic mass is 32.1. The second kappa shape index (κ2) is 9.33. The largest absolute Gasteiger partial charge is 0.416 e. The smallest absolute Gasteiger partial charge is 0.285 e. The Balaban J connectivity index is 1.19. The van der Waals surface area contributed by atoms with Gasteiger partial charge in [0.15, 0.2) is 0 Å². The van der Waals surface area contributed by atoms with Crippen LogP contribution in [-0.2, 0) is 26.6 Å². The Bertz CT molecular complexity index is 2320. The summed E-state index contributed by atoms with van der Waals surface area (Å²) < 4.78 is 40.0. The summed E-state index contributed by atoms with van der Waals surface area (Å²) in [6, 6.07) is 10.5. The monoisotopic (exact) mass is 666 g/mol. The molecule has 0 atom stereocenters. The zero-order chi connectivity index (χ0) is 33.5. The number of rotatable bonds is 2. The number of hydrogen-bond donors (Lipinski definition) is 0. The van der Waals surface area contributed by atoms with Crippen molar-refractivity contribution in [3.8, 4) is 9.75 Å². The lowest BCUT2D eigenvalue weighted by atomic mass is 9.73. The third-order valence-corrected chi connectivity index (χ3v) is 12.3. The molecule has 0 bridgehead atoms. The standard InChI is InChI=1S/C38H25F3O4S2/c1-16-6-8-20-22(10-16)30(42)33(45)25(20)14-19-15-26-34(46-19)35-29(37(26,4)5)28-27(47-35)13-18(36(28,2)3)12-24-21-9-7-17(38(39,40)41)11-23(21)31(43)32(24)44/h6-15H,1-5H3/b24-12-,25-14-. The van der Waals surface area contributed by atoms with Crippen molar-refractivity contribution in [2.45, 2.75) is 51.6 Å². The molecule has 0 spiro atoms. The van der Waals surface area contributed by atoms with E-state index in [1.54, 1.807) is 34.8 Å². The predicted molar refractivity (Wildman–Crippen MR) is 178 cm³/mol. The van der Waals surface area contributed by atoms with Crippen LogP contribution in [0.5, 0.6) is 0 Å². The first-order valence-electron chi connectivity index (χ1n) is 15.0. The number of halogens is 3. The highest BCUT2D eigenvalue weighted by Crippen LogP contribution is 2.62. The number of carbonyl (C=O) groups is 4. The molecule has 234 valence electrons. The van der Waals surface area contributed by atoms with Crippen LogP contribution >= 0.6 is 22.7 Å². The van der Waals surface area contributed by atoms with E-state index in [4.69, 9.17) is 0 Å². The summed E-state index contributed by atoms with van der Waals surface area (Å²) in [5.74, 6) is -2.70. The van der Waals surface area contributed by atoms with Crippen molar-refractivity contribution in [3.63, 3.8) is 0 Å². The maximum atomic E-state index is 13.3. The molecule has 0 saturated heterocycles. The molecule has 0 saturated carbocycles. The van der Waals surface area contributed by atoms with Crippen molar-refractivity contribution in [1.82, 2.24) is 0 Å². The van der Waals surface area contributed by atoms with Crippen LogP contribution < -0.4 is 0 Å². The second-order valence-corrected chi connectivity index (χ2v) is 15.7. The van der Waals surface area contributed by atoms with Gasteiger partial charge >= 0.3 is 6.18 Å². The van der Waals surface area contributed by atoms with Crippen LogP contribution in [0.1, 0.15) is 97.1 Å². The molecule has 0 fully saturated rings. The fourth-order valence-corrected chi connectivity index (χ4v) is 10.4. The number of fused-ring (bicyclic) bond motifs is 7. The number of carbonyl (C=O) groups excluding carboxylic acids is 4.